The van der Waals surface area contributed by atoms with Gasteiger partial charge in [-0.25, -0.2) is 4.79 Å². The maximum absolute atomic E-state index is 14.1. The molecule has 1 heterocycles. The molecule has 4 rings (SSSR count). The fourth-order valence-electron chi connectivity index (χ4n) is 5.39. The number of fused-ring (bicyclic) bond motifs is 3. The van der Waals surface area contributed by atoms with Crippen LogP contribution in [0, 0.1) is 5.92 Å². The van der Waals surface area contributed by atoms with Crippen molar-refractivity contribution in [2.75, 3.05) is 0 Å². The summed E-state index contributed by atoms with van der Waals surface area (Å²) in [6.07, 6.45) is -0.414. The quantitative estimate of drug-likeness (QED) is 0.182. The number of benzene rings is 2. The number of aromatic amines is 1. The second-order valence-electron chi connectivity index (χ2n) is 10.8. The van der Waals surface area contributed by atoms with Crippen LogP contribution < -0.4 is 21.7 Å². The number of aromatic nitrogens is 1. The monoisotopic (exact) mass is 617 g/mol. The van der Waals surface area contributed by atoms with Crippen molar-refractivity contribution in [2.24, 2.45) is 11.7 Å². The predicted molar refractivity (Wildman–Crippen MR) is 159 cm³/mol. The number of carbonyl (C=O) groups is 4. The number of amides is 4. The Morgan fingerprint density at radius 1 is 1.12 bits per heavy atom. The van der Waals surface area contributed by atoms with E-state index in [9.17, 15) is 29.4 Å². The van der Waals surface area contributed by atoms with E-state index in [1.54, 1.807) is 31.2 Å². The van der Waals surface area contributed by atoms with E-state index in [4.69, 9.17) is 28.9 Å². The van der Waals surface area contributed by atoms with E-state index >= 15 is 0 Å². The number of nitrogens with one attached hydrogen (secondary N) is 4. The van der Waals surface area contributed by atoms with E-state index in [1.165, 1.54) is 12.1 Å². The van der Waals surface area contributed by atoms with Gasteiger partial charge in [0.1, 0.15) is 23.4 Å². The summed E-state index contributed by atoms with van der Waals surface area (Å²) in [5.74, 6) is -2.33. The van der Waals surface area contributed by atoms with Gasteiger partial charge in [-0.3, -0.25) is 14.4 Å². The summed E-state index contributed by atoms with van der Waals surface area (Å²) >= 11 is 12.7. The number of primary amides is 1. The van der Waals surface area contributed by atoms with Gasteiger partial charge in [0.2, 0.25) is 17.7 Å². The van der Waals surface area contributed by atoms with Crippen molar-refractivity contribution in [3.8, 4) is 5.75 Å². The van der Waals surface area contributed by atoms with Gasteiger partial charge >= 0.3 is 6.09 Å². The predicted octanol–water partition coefficient (Wildman–Crippen LogP) is 3.42. The van der Waals surface area contributed by atoms with Crippen LogP contribution in [0.5, 0.6) is 5.75 Å². The number of hydrogen-bond acceptors (Lipinski definition) is 5. The molecule has 0 unspecified atom stereocenters. The average molecular weight is 619 g/mol. The maximum Gasteiger partial charge on any atom is 0.405 e. The number of nitrogens with two attached hydrogens (primary N) is 1. The first-order chi connectivity index (χ1) is 19.8. The van der Waals surface area contributed by atoms with Crippen molar-refractivity contribution < 1.29 is 29.4 Å². The van der Waals surface area contributed by atoms with Crippen LogP contribution in [-0.4, -0.2) is 56.6 Å². The Kier molecular flexibility index (Phi) is 9.22. The molecular formula is C29H33Cl2N5O6. The largest absolute Gasteiger partial charge is 0.508 e. The van der Waals surface area contributed by atoms with Gasteiger partial charge in [-0.15, -0.1) is 0 Å². The van der Waals surface area contributed by atoms with Gasteiger partial charge in [-0.1, -0.05) is 55.6 Å². The molecule has 11 nitrogen and oxygen atoms in total. The molecule has 0 aliphatic heterocycles. The Hall–Kier alpha value is -3.96. The number of phenolic OH excluding ortho intramolecular Hbond substituents is 1. The second-order valence-corrected chi connectivity index (χ2v) is 11.6. The number of aromatic hydroxyl groups is 1. The number of aryl methyl sites for hydroxylation is 1. The van der Waals surface area contributed by atoms with Crippen LogP contribution in [0.4, 0.5) is 4.79 Å². The molecule has 3 aromatic rings. The van der Waals surface area contributed by atoms with Crippen molar-refractivity contribution >= 4 is 57.9 Å². The summed E-state index contributed by atoms with van der Waals surface area (Å²) in [5.41, 5.74) is 6.83. The molecule has 224 valence electrons. The lowest BCUT2D eigenvalue weighted by atomic mass is 9.78. The van der Waals surface area contributed by atoms with Crippen LogP contribution in [0.2, 0.25) is 10.0 Å². The number of carboxylic acid groups (broad SMARTS) is 1. The van der Waals surface area contributed by atoms with Gasteiger partial charge in [0.15, 0.2) is 0 Å². The second kappa shape index (κ2) is 12.5. The molecule has 4 atom stereocenters. The van der Waals surface area contributed by atoms with Crippen LogP contribution >= 0.6 is 23.2 Å². The van der Waals surface area contributed by atoms with Gasteiger partial charge in [-0.2, -0.15) is 0 Å². The lowest BCUT2D eigenvalue weighted by Gasteiger charge is -2.39. The Balaban J connectivity index is 1.74. The lowest BCUT2D eigenvalue weighted by Crippen LogP contribution is -2.66. The minimum atomic E-state index is -1.57. The summed E-state index contributed by atoms with van der Waals surface area (Å²) < 4.78 is 0. The Bertz CT molecular complexity index is 1520. The Morgan fingerprint density at radius 2 is 1.81 bits per heavy atom. The van der Waals surface area contributed by atoms with Crippen molar-refractivity contribution in [1.82, 2.24) is 20.9 Å². The highest BCUT2D eigenvalue weighted by atomic mass is 35.5. The Morgan fingerprint density at radius 3 is 2.43 bits per heavy atom. The Labute approximate surface area is 252 Å². The zero-order chi connectivity index (χ0) is 30.8. The van der Waals surface area contributed by atoms with Crippen molar-refractivity contribution in [2.45, 2.75) is 63.6 Å². The highest BCUT2D eigenvalue weighted by Crippen LogP contribution is 2.38. The van der Waals surface area contributed by atoms with Gasteiger partial charge in [-0.05, 0) is 54.2 Å². The fourth-order valence-corrected chi connectivity index (χ4v) is 5.93. The summed E-state index contributed by atoms with van der Waals surface area (Å²) in [5, 5.41) is 28.4. The number of rotatable bonds is 10. The first-order valence-corrected chi connectivity index (χ1v) is 14.3. The molecule has 0 radical (unpaired) electrons. The molecular weight excluding hydrogens is 585 g/mol. The van der Waals surface area contributed by atoms with E-state index in [-0.39, 0.29) is 30.9 Å². The number of phenols is 1. The molecule has 0 saturated carbocycles. The highest BCUT2D eigenvalue weighted by molar-refractivity contribution is 6.38. The molecule has 8 N–H and O–H groups in total. The average Bonchev–Trinajstić information content (AvgIpc) is 3.29. The zero-order valence-electron chi connectivity index (χ0n) is 23.1. The SMILES string of the molecule is CC[C@H](C)[C@H](NC(=O)[C@@]1(NC(=O)[C@H](Cc2ccc(O)cc2)NC(=O)O)CCc2[nH]c3c(Cl)cc(Cl)cc3c2C1)C(N)=O. The minimum Gasteiger partial charge on any atom is -0.508 e. The smallest absolute Gasteiger partial charge is 0.405 e. The lowest BCUT2D eigenvalue weighted by molar-refractivity contribution is -0.137. The third kappa shape index (κ3) is 6.57. The first kappa shape index (κ1) is 31.0. The van der Waals surface area contributed by atoms with Crippen LogP contribution in [0.1, 0.15) is 43.5 Å². The van der Waals surface area contributed by atoms with Crippen molar-refractivity contribution in [3.63, 3.8) is 0 Å². The molecule has 42 heavy (non-hydrogen) atoms. The van der Waals surface area contributed by atoms with Crippen molar-refractivity contribution in [3.05, 3.63) is 63.3 Å². The van der Waals surface area contributed by atoms with Crippen LogP contribution in [0.15, 0.2) is 36.4 Å². The number of hydrogen-bond donors (Lipinski definition) is 7. The van der Waals surface area contributed by atoms with E-state index in [0.29, 0.717) is 39.4 Å². The summed E-state index contributed by atoms with van der Waals surface area (Å²) in [6.45, 7) is 3.65. The molecule has 4 amide bonds. The van der Waals surface area contributed by atoms with Gasteiger partial charge in [0.05, 0.1) is 10.5 Å². The molecule has 0 spiro atoms. The molecule has 1 aliphatic carbocycles. The zero-order valence-corrected chi connectivity index (χ0v) is 24.6. The first-order valence-electron chi connectivity index (χ1n) is 13.5. The van der Waals surface area contributed by atoms with Crippen LogP contribution in [0.25, 0.3) is 10.9 Å². The molecule has 1 aliphatic rings. The third-order valence-electron chi connectivity index (χ3n) is 7.89. The van der Waals surface area contributed by atoms with Crippen LogP contribution in [-0.2, 0) is 33.6 Å². The standard InChI is InChI=1S/C29H33Cl2N5O6/c1-3-14(2)23(25(32)38)35-27(40)29(9-8-21-19(13-29)18-11-16(30)12-20(31)24(18)33-21)36-26(39)22(34-28(41)42)10-15-4-6-17(37)7-5-15/h4-7,11-12,14,22-23,33-34,37H,3,8-10,13H2,1-2H3,(H2,32,38)(H,35,40)(H,36,39)(H,41,42)/t14-,22-,23-,29+/m0/s1. The van der Waals surface area contributed by atoms with E-state index in [1.807, 2.05) is 6.92 Å². The van der Waals surface area contributed by atoms with Crippen LogP contribution in [0.3, 0.4) is 0 Å². The molecule has 0 fully saturated rings. The molecule has 2 aromatic carbocycles. The van der Waals surface area contributed by atoms with E-state index < -0.39 is 41.4 Å². The summed E-state index contributed by atoms with van der Waals surface area (Å²) in [4.78, 5) is 55.1. The van der Waals surface area contributed by atoms with Crippen molar-refractivity contribution in [1.29, 1.82) is 0 Å². The maximum atomic E-state index is 14.1. The molecule has 0 saturated heterocycles. The number of carbonyl (C=O) groups excluding carboxylic acids is 3. The third-order valence-corrected chi connectivity index (χ3v) is 8.41. The molecule has 1 aromatic heterocycles. The summed E-state index contributed by atoms with van der Waals surface area (Å²) in [7, 11) is 0. The number of halogens is 2. The van der Waals surface area contributed by atoms with Gasteiger partial charge < -0.3 is 36.9 Å². The normalized spacial score (nSPS) is 18.4. The summed E-state index contributed by atoms with van der Waals surface area (Å²) in [6, 6.07) is 7.04. The van der Waals surface area contributed by atoms with E-state index in [2.05, 4.69) is 20.9 Å². The van der Waals surface area contributed by atoms with Gasteiger partial charge in [0, 0.05) is 28.9 Å². The van der Waals surface area contributed by atoms with Gasteiger partial charge in [0.25, 0.3) is 0 Å². The van der Waals surface area contributed by atoms with E-state index in [0.717, 1.165) is 11.3 Å². The fraction of sp³-hybridized carbons (Fsp3) is 0.379. The highest BCUT2D eigenvalue weighted by Gasteiger charge is 2.46. The minimum absolute atomic E-state index is 0.0154. The molecule has 0 bridgehead atoms. The topological polar surface area (TPSA) is 187 Å². The number of H-pyrrole nitrogens is 1. The molecule has 13 heteroatoms.